The standard InChI is InChI=1S/C36H43FO6/c1-5-41-34(38)21-27(18-24-10-11-24)26-8-6-9-29(20-26)42-23-25-12-14-30(31-22-28(40-4)13-15-33(31)37)32(19-25)36(39)35(2,3)16-7-17-43-36/h6,8-9,12-15,19-20,22,24,27,39H,5,7,10-11,16-18,21,23H2,1-4H3/t27?,36-/m0/s1. The third kappa shape index (κ3) is 7.05. The number of benzene rings is 3. The fourth-order valence-electron chi connectivity index (χ4n) is 6.11. The van der Waals surface area contributed by atoms with E-state index in [1.165, 1.54) is 18.9 Å². The second kappa shape index (κ2) is 13.1. The molecule has 1 N–H and O–H groups in total. The van der Waals surface area contributed by atoms with Crippen molar-refractivity contribution >= 4 is 5.97 Å². The van der Waals surface area contributed by atoms with Crippen LogP contribution in [-0.2, 0) is 26.7 Å². The molecule has 0 spiro atoms. The van der Waals surface area contributed by atoms with Gasteiger partial charge in [0.15, 0.2) is 5.79 Å². The smallest absolute Gasteiger partial charge is 0.306 e. The zero-order valence-corrected chi connectivity index (χ0v) is 25.7. The molecule has 1 aliphatic heterocycles. The van der Waals surface area contributed by atoms with Gasteiger partial charge in [0.1, 0.15) is 23.9 Å². The fraction of sp³-hybridized carbons (Fsp3) is 0.472. The van der Waals surface area contributed by atoms with Crippen molar-refractivity contribution in [3.8, 4) is 22.6 Å². The summed E-state index contributed by atoms with van der Waals surface area (Å²) in [6, 6.07) is 18.1. The number of hydrogen-bond acceptors (Lipinski definition) is 6. The molecule has 7 heteroatoms. The van der Waals surface area contributed by atoms with Crippen LogP contribution in [0.3, 0.4) is 0 Å². The van der Waals surface area contributed by atoms with Crippen LogP contribution in [0.1, 0.15) is 81.9 Å². The second-order valence-electron chi connectivity index (χ2n) is 12.5. The fourth-order valence-corrected chi connectivity index (χ4v) is 6.11. The quantitative estimate of drug-likeness (QED) is 0.216. The maximum absolute atomic E-state index is 15.2. The van der Waals surface area contributed by atoms with Gasteiger partial charge in [0.2, 0.25) is 0 Å². The molecule has 2 fully saturated rings. The van der Waals surface area contributed by atoms with E-state index in [1.807, 2.05) is 63.2 Å². The summed E-state index contributed by atoms with van der Waals surface area (Å²) >= 11 is 0. The Morgan fingerprint density at radius 2 is 1.88 bits per heavy atom. The first-order valence-electron chi connectivity index (χ1n) is 15.4. The molecule has 43 heavy (non-hydrogen) atoms. The largest absolute Gasteiger partial charge is 0.497 e. The van der Waals surface area contributed by atoms with E-state index < -0.39 is 17.0 Å². The number of aliphatic hydroxyl groups is 1. The number of carbonyl (C=O) groups is 1. The third-order valence-electron chi connectivity index (χ3n) is 8.86. The summed E-state index contributed by atoms with van der Waals surface area (Å²) in [6.45, 7) is 6.79. The highest BCUT2D eigenvalue weighted by Crippen LogP contribution is 2.50. The van der Waals surface area contributed by atoms with Crippen LogP contribution in [0, 0.1) is 17.2 Å². The van der Waals surface area contributed by atoms with E-state index in [9.17, 15) is 9.90 Å². The summed E-state index contributed by atoms with van der Waals surface area (Å²) in [5.41, 5.74) is 2.63. The molecule has 1 saturated carbocycles. The molecular formula is C36H43FO6. The van der Waals surface area contributed by atoms with Gasteiger partial charge in [-0.2, -0.15) is 0 Å². The molecule has 3 aromatic carbocycles. The summed E-state index contributed by atoms with van der Waals surface area (Å²) in [7, 11) is 1.54. The molecule has 6 nitrogen and oxygen atoms in total. The normalized spacial score (nSPS) is 20.3. The van der Waals surface area contributed by atoms with Crippen molar-refractivity contribution in [3.05, 3.63) is 83.2 Å². The molecule has 1 aliphatic carbocycles. The van der Waals surface area contributed by atoms with Crippen LogP contribution in [0.4, 0.5) is 4.39 Å². The molecule has 1 heterocycles. The maximum atomic E-state index is 15.2. The zero-order chi connectivity index (χ0) is 30.6. The Balaban J connectivity index is 1.44. The Labute approximate surface area is 254 Å². The second-order valence-corrected chi connectivity index (χ2v) is 12.5. The first-order chi connectivity index (χ1) is 20.6. The summed E-state index contributed by atoms with van der Waals surface area (Å²) in [4.78, 5) is 12.3. The van der Waals surface area contributed by atoms with Crippen LogP contribution in [-0.4, -0.2) is 31.4 Å². The summed E-state index contributed by atoms with van der Waals surface area (Å²) in [6.07, 6.45) is 5.32. The predicted octanol–water partition coefficient (Wildman–Crippen LogP) is 7.90. The Kier molecular flexibility index (Phi) is 9.42. The number of esters is 1. The average Bonchev–Trinajstić information content (AvgIpc) is 3.82. The molecule has 0 amide bonds. The molecule has 5 rings (SSSR count). The Bertz CT molecular complexity index is 1430. The van der Waals surface area contributed by atoms with E-state index >= 15 is 4.39 Å². The minimum absolute atomic E-state index is 0.0821. The molecule has 1 unspecified atom stereocenters. The lowest BCUT2D eigenvalue weighted by Crippen LogP contribution is -2.48. The van der Waals surface area contributed by atoms with Gasteiger partial charge in [-0.25, -0.2) is 4.39 Å². The van der Waals surface area contributed by atoms with E-state index in [0.29, 0.717) is 53.7 Å². The average molecular weight is 591 g/mol. The van der Waals surface area contributed by atoms with E-state index in [0.717, 1.165) is 30.4 Å². The van der Waals surface area contributed by atoms with Crippen molar-refractivity contribution in [2.24, 2.45) is 11.3 Å². The minimum atomic E-state index is -1.63. The lowest BCUT2D eigenvalue weighted by atomic mass is 9.72. The molecule has 0 aromatic heterocycles. The van der Waals surface area contributed by atoms with Crippen molar-refractivity contribution in [2.45, 2.75) is 77.6 Å². The molecule has 0 radical (unpaired) electrons. The number of hydrogen-bond donors (Lipinski definition) is 1. The van der Waals surface area contributed by atoms with Crippen LogP contribution >= 0.6 is 0 Å². The number of halogens is 1. The molecule has 1 saturated heterocycles. The third-order valence-corrected chi connectivity index (χ3v) is 8.86. The molecular weight excluding hydrogens is 547 g/mol. The lowest BCUT2D eigenvalue weighted by molar-refractivity contribution is -0.297. The van der Waals surface area contributed by atoms with Crippen LogP contribution in [0.2, 0.25) is 0 Å². The highest BCUT2D eigenvalue weighted by atomic mass is 19.1. The summed E-state index contributed by atoms with van der Waals surface area (Å²) in [5, 5.41) is 12.1. The monoisotopic (exact) mass is 590 g/mol. The number of rotatable bonds is 12. The van der Waals surface area contributed by atoms with Gasteiger partial charge in [-0.05, 0) is 91.1 Å². The van der Waals surface area contributed by atoms with Crippen LogP contribution < -0.4 is 9.47 Å². The molecule has 2 aliphatic rings. The van der Waals surface area contributed by atoms with Crippen LogP contribution in [0.15, 0.2) is 60.7 Å². The predicted molar refractivity (Wildman–Crippen MR) is 163 cm³/mol. The van der Waals surface area contributed by atoms with Gasteiger partial charge in [-0.1, -0.05) is 51.0 Å². The van der Waals surface area contributed by atoms with Gasteiger partial charge in [0.05, 0.1) is 26.7 Å². The molecule has 3 aromatic rings. The number of carbonyl (C=O) groups excluding carboxylic acids is 1. The van der Waals surface area contributed by atoms with Gasteiger partial charge in [-0.15, -0.1) is 0 Å². The lowest BCUT2D eigenvalue weighted by Gasteiger charge is -2.47. The molecule has 2 atom stereocenters. The van der Waals surface area contributed by atoms with Gasteiger partial charge in [-0.3, -0.25) is 4.79 Å². The summed E-state index contributed by atoms with van der Waals surface area (Å²) < 4.78 is 38.2. The van der Waals surface area contributed by atoms with Crippen LogP contribution in [0.25, 0.3) is 11.1 Å². The molecule has 230 valence electrons. The van der Waals surface area contributed by atoms with E-state index in [4.69, 9.17) is 18.9 Å². The summed E-state index contributed by atoms with van der Waals surface area (Å²) in [5.74, 6) is -0.261. The van der Waals surface area contributed by atoms with Crippen LogP contribution in [0.5, 0.6) is 11.5 Å². The zero-order valence-electron chi connectivity index (χ0n) is 25.7. The Hall–Kier alpha value is -3.42. The number of ether oxygens (including phenoxy) is 4. The first-order valence-corrected chi connectivity index (χ1v) is 15.4. The SMILES string of the molecule is CCOC(=O)CC(CC1CC1)c1cccc(OCc2ccc(-c3cc(OC)ccc3F)c([C@]3(O)OCCCC3(C)C)c2)c1. The number of methoxy groups -OCH3 is 1. The van der Waals surface area contributed by atoms with E-state index in [1.54, 1.807) is 19.2 Å². The van der Waals surface area contributed by atoms with E-state index in [-0.39, 0.29) is 18.5 Å². The minimum Gasteiger partial charge on any atom is -0.497 e. The van der Waals surface area contributed by atoms with E-state index in [2.05, 4.69) is 0 Å². The van der Waals surface area contributed by atoms with Gasteiger partial charge >= 0.3 is 5.97 Å². The van der Waals surface area contributed by atoms with Crippen molar-refractivity contribution in [1.29, 1.82) is 0 Å². The Morgan fingerprint density at radius 1 is 1.07 bits per heavy atom. The maximum Gasteiger partial charge on any atom is 0.306 e. The van der Waals surface area contributed by atoms with Crippen molar-refractivity contribution in [1.82, 2.24) is 0 Å². The van der Waals surface area contributed by atoms with Crippen molar-refractivity contribution in [2.75, 3.05) is 20.3 Å². The first kappa shape index (κ1) is 31.0. The highest BCUT2D eigenvalue weighted by molar-refractivity contribution is 5.71. The van der Waals surface area contributed by atoms with Gasteiger partial charge in [0.25, 0.3) is 0 Å². The van der Waals surface area contributed by atoms with Gasteiger partial charge in [0, 0.05) is 16.5 Å². The van der Waals surface area contributed by atoms with Crippen molar-refractivity contribution in [3.63, 3.8) is 0 Å². The van der Waals surface area contributed by atoms with Crippen molar-refractivity contribution < 1.29 is 33.2 Å². The van der Waals surface area contributed by atoms with Gasteiger partial charge < -0.3 is 24.1 Å². The topological polar surface area (TPSA) is 74.2 Å². The molecule has 0 bridgehead atoms. The highest BCUT2D eigenvalue weighted by Gasteiger charge is 2.49. The Morgan fingerprint density at radius 3 is 2.60 bits per heavy atom.